The molecule has 0 spiro atoms. The number of pyridine rings is 1. The van der Waals surface area contributed by atoms with E-state index in [0.717, 1.165) is 35.4 Å². The molecule has 5 rings (SSSR count). The molecule has 1 atom stereocenters. The minimum atomic E-state index is -0.149. The van der Waals surface area contributed by atoms with Gasteiger partial charge in [-0.05, 0) is 32.4 Å². The van der Waals surface area contributed by atoms with Crippen LogP contribution in [0.3, 0.4) is 0 Å². The molecular weight excluding hydrogens is 440 g/mol. The average molecular weight is 463 g/mol. The zero-order chi connectivity index (χ0) is 22.9. The predicted octanol–water partition coefficient (Wildman–Crippen LogP) is 4.10. The molecule has 1 N–H and O–H groups in total. The van der Waals surface area contributed by atoms with Crippen molar-refractivity contribution in [2.75, 3.05) is 18.5 Å². The van der Waals surface area contributed by atoms with Crippen LogP contribution in [-0.4, -0.2) is 43.8 Å². The third-order valence-corrected chi connectivity index (χ3v) is 6.13. The quantitative estimate of drug-likeness (QED) is 0.477. The lowest BCUT2D eigenvalue weighted by molar-refractivity contribution is 0.195. The van der Waals surface area contributed by atoms with Crippen LogP contribution in [0.4, 0.5) is 5.95 Å². The Bertz CT molecular complexity index is 1400. The van der Waals surface area contributed by atoms with Gasteiger partial charge in [0.05, 0.1) is 24.0 Å². The standard InChI is InChI=1S/C24H23ClN6O2/c1-3-31-22-16(12-28-24(30-22)29-17-6-9-33-13-17)10-19(23(31)32)18-5-4-15(11-20(18)25)21-14(2)26-7-8-27-21/h4-5,7-8,10-12,17H,3,6,9,13H2,1-2H3,(H,28,29,30)/t17-/m1/s1. The highest BCUT2D eigenvalue weighted by Gasteiger charge is 2.19. The average Bonchev–Trinajstić information content (AvgIpc) is 3.32. The molecule has 8 nitrogen and oxygen atoms in total. The maximum Gasteiger partial charge on any atom is 0.260 e. The molecule has 4 aromatic rings. The zero-order valence-corrected chi connectivity index (χ0v) is 19.1. The number of hydrogen-bond donors (Lipinski definition) is 1. The molecule has 4 heterocycles. The van der Waals surface area contributed by atoms with Crippen LogP contribution in [0.2, 0.25) is 5.02 Å². The molecule has 33 heavy (non-hydrogen) atoms. The molecule has 1 aliphatic heterocycles. The lowest BCUT2D eigenvalue weighted by atomic mass is 10.0. The summed E-state index contributed by atoms with van der Waals surface area (Å²) in [6.45, 7) is 5.65. The number of nitrogens with one attached hydrogen (secondary N) is 1. The maximum atomic E-state index is 13.4. The molecular formula is C24H23ClN6O2. The Morgan fingerprint density at radius 3 is 2.76 bits per heavy atom. The van der Waals surface area contributed by atoms with E-state index < -0.39 is 0 Å². The summed E-state index contributed by atoms with van der Waals surface area (Å²) in [6.07, 6.45) is 5.95. The van der Waals surface area contributed by atoms with Crippen LogP contribution in [0, 0.1) is 6.92 Å². The van der Waals surface area contributed by atoms with Crippen LogP contribution in [0.15, 0.2) is 47.7 Å². The third kappa shape index (κ3) is 4.07. The summed E-state index contributed by atoms with van der Waals surface area (Å²) in [5.74, 6) is 0.495. The maximum absolute atomic E-state index is 13.4. The van der Waals surface area contributed by atoms with Crippen molar-refractivity contribution in [1.29, 1.82) is 0 Å². The van der Waals surface area contributed by atoms with Gasteiger partial charge in [0, 0.05) is 58.8 Å². The first-order valence-corrected chi connectivity index (χ1v) is 11.3. The lowest BCUT2D eigenvalue weighted by Gasteiger charge is -2.14. The van der Waals surface area contributed by atoms with Crippen LogP contribution < -0.4 is 10.9 Å². The van der Waals surface area contributed by atoms with Gasteiger partial charge in [0.2, 0.25) is 5.95 Å². The van der Waals surface area contributed by atoms with Crippen LogP contribution in [0.5, 0.6) is 0 Å². The number of aryl methyl sites for hydroxylation is 2. The van der Waals surface area contributed by atoms with E-state index in [4.69, 9.17) is 16.3 Å². The molecule has 1 aromatic carbocycles. The van der Waals surface area contributed by atoms with Gasteiger partial charge in [-0.2, -0.15) is 4.98 Å². The largest absolute Gasteiger partial charge is 0.379 e. The van der Waals surface area contributed by atoms with E-state index in [9.17, 15) is 4.79 Å². The first-order valence-electron chi connectivity index (χ1n) is 10.9. The molecule has 9 heteroatoms. The van der Waals surface area contributed by atoms with Crippen molar-refractivity contribution in [1.82, 2.24) is 24.5 Å². The number of halogens is 1. The monoisotopic (exact) mass is 462 g/mol. The first kappa shape index (κ1) is 21.5. The highest BCUT2D eigenvalue weighted by atomic mass is 35.5. The Hall–Kier alpha value is -3.36. The van der Waals surface area contributed by atoms with E-state index >= 15 is 0 Å². The fraction of sp³-hybridized carbons (Fsp3) is 0.292. The Balaban J connectivity index is 1.57. The number of anilines is 1. The predicted molar refractivity (Wildman–Crippen MR) is 129 cm³/mol. The normalized spacial score (nSPS) is 15.8. The molecule has 0 radical (unpaired) electrons. The van der Waals surface area contributed by atoms with Gasteiger partial charge in [-0.1, -0.05) is 23.7 Å². The highest BCUT2D eigenvalue weighted by Crippen LogP contribution is 2.32. The Morgan fingerprint density at radius 2 is 2.03 bits per heavy atom. The van der Waals surface area contributed by atoms with Crippen molar-refractivity contribution in [3.63, 3.8) is 0 Å². The van der Waals surface area contributed by atoms with Crippen molar-refractivity contribution >= 4 is 28.6 Å². The van der Waals surface area contributed by atoms with E-state index in [-0.39, 0.29) is 11.6 Å². The summed E-state index contributed by atoms with van der Waals surface area (Å²) >= 11 is 6.66. The summed E-state index contributed by atoms with van der Waals surface area (Å²) in [4.78, 5) is 31.2. The topological polar surface area (TPSA) is 94.8 Å². The number of nitrogens with zero attached hydrogens (tertiary/aromatic N) is 5. The number of rotatable bonds is 5. The summed E-state index contributed by atoms with van der Waals surface area (Å²) in [6, 6.07) is 7.57. The second-order valence-electron chi connectivity index (χ2n) is 7.97. The zero-order valence-electron chi connectivity index (χ0n) is 18.4. The van der Waals surface area contributed by atoms with Gasteiger partial charge in [0.25, 0.3) is 5.56 Å². The van der Waals surface area contributed by atoms with Crippen LogP contribution >= 0.6 is 11.6 Å². The molecule has 3 aromatic heterocycles. The fourth-order valence-electron chi connectivity index (χ4n) is 4.12. The number of aromatic nitrogens is 5. The van der Waals surface area contributed by atoms with Gasteiger partial charge in [-0.25, -0.2) is 4.98 Å². The molecule has 1 aliphatic rings. The van der Waals surface area contributed by atoms with Crippen molar-refractivity contribution in [3.8, 4) is 22.4 Å². The lowest BCUT2D eigenvalue weighted by Crippen LogP contribution is -2.24. The summed E-state index contributed by atoms with van der Waals surface area (Å²) in [7, 11) is 0. The van der Waals surface area contributed by atoms with E-state index in [2.05, 4.69) is 25.3 Å². The van der Waals surface area contributed by atoms with Gasteiger partial charge in [0.1, 0.15) is 5.65 Å². The van der Waals surface area contributed by atoms with Crippen LogP contribution in [0.1, 0.15) is 19.0 Å². The fourth-order valence-corrected chi connectivity index (χ4v) is 4.40. The van der Waals surface area contributed by atoms with Gasteiger partial charge < -0.3 is 10.1 Å². The highest BCUT2D eigenvalue weighted by molar-refractivity contribution is 6.33. The molecule has 0 aliphatic carbocycles. The third-order valence-electron chi connectivity index (χ3n) is 5.82. The second-order valence-corrected chi connectivity index (χ2v) is 8.38. The number of benzene rings is 1. The molecule has 1 fully saturated rings. The minimum Gasteiger partial charge on any atom is -0.379 e. The number of hydrogen-bond acceptors (Lipinski definition) is 7. The summed E-state index contributed by atoms with van der Waals surface area (Å²) < 4.78 is 7.06. The minimum absolute atomic E-state index is 0.149. The molecule has 1 saturated heterocycles. The summed E-state index contributed by atoms with van der Waals surface area (Å²) in [5, 5.41) is 4.53. The van der Waals surface area contributed by atoms with Crippen molar-refractivity contribution in [2.45, 2.75) is 32.9 Å². The van der Waals surface area contributed by atoms with Crippen molar-refractivity contribution < 1.29 is 4.74 Å². The van der Waals surface area contributed by atoms with Gasteiger partial charge in [0.15, 0.2) is 0 Å². The van der Waals surface area contributed by atoms with E-state index in [1.54, 1.807) is 29.2 Å². The van der Waals surface area contributed by atoms with Gasteiger partial charge in [-0.3, -0.25) is 19.3 Å². The molecule has 0 bridgehead atoms. The second kappa shape index (κ2) is 8.88. The SMILES string of the molecule is CCn1c(=O)c(-c2ccc(-c3nccnc3C)cc2Cl)cc2cnc(N[C@@H]3CCOC3)nc21. The van der Waals surface area contributed by atoms with Gasteiger partial charge in [-0.15, -0.1) is 0 Å². The first-order chi connectivity index (χ1) is 16.0. The molecule has 0 saturated carbocycles. The van der Waals surface area contributed by atoms with E-state index in [1.807, 2.05) is 32.0 Å². The van der Waals surface area contributed by atoms with Crippen molar-refractivity contribution in [3.05, 3.63) is 63.9 Å². The van der Waals surface area contributed by atoms with E-state index in [1.165, 1.54) is 0 Å². The number of ether oxygens (including phenoxy) is 1. The molecule has 0 unspecified atom stereocenters. The summed E-state index contributed by atoms with van der Waals surface area (Å²) in [5.41, 5.74) is 4.02. The Kier molecular flexibility index (Phi) is 5.78. The Morgan fingerprint density at radius 1 is 1.18 bits per heavy atom. The van der Waals surface area contributed by atoms with Crippen LogP contribution in [0.25, 0.3) is 33.4 Å². The van der Waals surface area contributed by atoms with Crippen LogP contribution in [-0.2, 0) is 11.3 Å². The van der Waals surface area contributed by atoms with Crippen molar-refractivity contribution in [2.24, 2.45) is 0 Å². The Labute approximate surface area is 195 Å². The molecule has 0 amide bonds. The van der Waals surface area contributed by atoms with E-state index in [0.29, 0.717) is 40.9 Å². The number of fused-ring (bicyclic) bond motifs is 1. The smallest absolute Gasteiger partial charge is 0.260 e. The van der Waals surface area contributed by atoms with Gasteiger partial charge >= 0.3 is 0 Å². The molecule has 168 valence electrons.